The normalized spacial score (nSPS) is 23.9. The summed E-state index contributed by atoms with van der Waals surface area (Å²) in [6.07, 6.45) is 6.05. The van der Waals surface area contributed by atoms with Crippen molar-refractivity contribution in [2.75, 3.05) is 0 Å². The van der Waals surface area contributed by atoms with Crippen molar-refractivity contribution in [2.24, 2.45) is 5.92 Å². The molecule has 2 nitrogen and oxygen atoms in total. The Balaban J connectivity index is 1.92. The lowest BCUT2D eigenvalue weighted by Gasteiger charge is -2.26. The smallest absolute Gasteiger partial charge is 0.0706 e. The van der Waals surface area contributed by atoms with Gasteiger partial charge in [-0.1, -0.05) is 31.0 Å². The number of para-hydroxylation sites is 1. The molecular weight excluding hydrogens is 256 g/mol. The van der Waals surface area contributed by atoms with Crippen LogP contribution in [0.5, 0.6) is 0 Å². The first-order chi connectivity index (χ1) is 9.29. The van der Waals surface area contributed by atoms with Gasteiger partial charge in [-0.2, -0.15) is 5.10 Å². The van der Waals surface area contributed by atoms with Crippen molar-refractivity contribution in [1.29, 1.82) is 0 Å². The van der Waals surface area contributed by atoms with Crippen LogP contribution in [0.3, 0.4) is 0 Å². The number of nitrogens with zero attached hydrogens (tertiary/aromatic N) is 2. The van der Waals surface area contributed by atoms with Crippen LogP contribution in [-0.2, 0) is 13.0 Å². The number of halogens is 1. The van der Waals surface area contributed by atoms with Gasteiger partial charge in [-0.05, 0) is 38.2 Å². The fraction of sp³-hybridized carbons (Fsp3) is 0.562. The fourth-order valence-corrected chi connectivity index (χ4v) is 3.60. The van der Waals surface area contributed by atoms with E-state index in [1.54, 1.807) is 0 Å². The number of alkyl halides is 1. The van der Waals surface area contributed by atoms with Crippen molar-refractivity contribution in [3.63, 3.8) is 0 Å². The van der Waals surface area contributed by atoms with Gasteiger partial charge < -0.3 is 0 Å². The second-order valence-corrected chi connectivity index (χ2v) is 6.10. The van der Waals surface area contributed by atoms with Gasteiger partial charge in [-0.3, -0.25) is 4.68 Å². The van der Waals surface area contributed by atoms with E-state index in [-0.39, 0.29) is 0 Å². The molecule has 1 aliphatic carbocycles. The molecule has 0 aliphatic heterocycles. The van der Waals surface area contributed by atoms with E-state index >= 15 is 0 Å². The number of hydrogen-bond donors (Lipinski definition) is 0. The van der Waals surface area contributed by atoms with Crippen LogP contribution in [0.1, 0.15) is 38.3 Å². The molecule has 1 saturated carbocycles. The Morgan fingerprint density at radius 3 is 2.84 bits per heavy atom. The first kappa shape index (κ1) is 13.0. The lowest BCUT2D eigenvalue weighted by Crippen LogP contribution is -2.22. The van der Waals surface area contributed by atoms with Gasteiger partial charge in [0.05, 0.1) is 11.2 Å². The fourth-order valence-electron chi connectivity index (χ4n) is 3.23. The summed E-state index contributed by atoms with van der Waals surface area (Å²) in [5.74, 6) is 0.596. The number of aryl methyl sites for hydroxylation is 1. The summed E-state index contributed by atoms with van der Waals surface area (Å²) in [6, 6.07) is 8.54. The van der Waals surface area contributed by atoms with Crippen molar-refractivity contribution in [1.82, 2.24) is 9.78 Å². The largest absolute Gasteiger partial charge is 0.265 e. The highest BCUT2D eigenvalue weighted by molar-refractivity contribution is 6.20. The Labute approximate surface area is 119 Å². The molecule has 0 amide bonds. The van der Waals surface area contributed by atoms with Crippen molar-refractivity contribution >= 4 is 22.5 Å². The Morgan fingerprint density at radius 2 is 2.05 bits per heavy atom. The van der Waals surface area contributed by atoms with Crippen molar-refractivity contribution in [3.05, 3.63) is 30.0 Å². The van der Waals surface area contributed by atoms with E-state index in [1.165, 1.54) is 42.3 Å². The summed E-state index contributed by atoms with van der Waals surface area (Å²) in [4.78, 5) is 0. The maximum Gasteiger partial charge on any atom is 0.0706 e. The molecular formula is C16H21ClN2. The highest BCUT2D eigenvalue weighted by Gasteiger charge is 2.25. The summed E-state index contributed by atoms with van der Waals surface area (Å²) in [5.41, 5.74) is 2.48. The van der Waals surface area contributed by atoms with Gasteiger partial charge in [0.15, 0.2) is 0 Å². The average Bonchev–Trinajstić information content (AvgIpc) is 2.80. The van der Waals surface area contributed by atoms with Gasteiger partial charge in [0, 0.05) is 17.3 Å². The summed E-state index contributed by atoms with van der Waals surface area (Å²) >= 11 is 6.49. The van der Waals surface area contributed by atoms with Gasteiger partial charge in [0.25, 0.3) is 0 Å². The summed E-state index contributed by atoms with van der Waals surface area (Å²) in [7, 11) is 0. The SMILES string of the molecule is CCn1nc(CC2CCCCC2Cl)c2ccccc21. The number of aromatic nitrogens is 2. The van der Waals surface area contributed by atoms with Gasteiger partial charge in [0.1, 0.15) is 0 Å². The Bertz CT molecular complexity index is 561. The molecule has 2 unspecified atom stereocenters. The average molecular weight is 277 g/mol. The van der Waals surface area contributed by atoms with Crippen LogP contribution >= 0.6 is 11.6 Å². The van der Waals surface area contributed by atoms with Crippen LogP contribution in [0.15, 0.2) is 24.3 Å². The molecule has 19 heavy (non-hydrogen) atoms. The third-order valence-electron chi connectivity index (χ3n) is 4.31. The van der Waals surface area contributed by atoms with Gasteiger partial charge in [0.2, 0.25) is 0 Å². The quantitative estimate of drug-likeness (QED) is 0.760. The number of fused-ring (bicyclic) bond motifs is 1. The van der Waals surface area contributed by atoms with Crippen LogP contribution in [0.2, 0.25) is 0 Å². The zero-order chi connectivity index (χ0) is 13.2. The summed E-state index contributed by atoms with van der Waals surface area (Å²) in [5, 5.41) is 6.43. The van der Waals surface area contributed by atoms with E-state index in [9.17, 15) is 0 Å². The van der Waals surface area contributed by atoms with E-state index in [0.717, 1.165) is 13.0 Å². The van der Waals surface area contributed by atoms with Crippen LogP contribution in [0, 0.1) is 5.92 Å². The van der Waals surface area contributed by atoms with Gasteiger partial charge in [-0.25, -0.2) is 0 Å². The third-order valence-corrected chi connectivity index (χ3v) is 4.88. The maximum atomic E-state index is 6.49. The van der Waals surface area contributed by atoms with Gasteiger partial charge in [-0.15, -0.1) is 11.6 Å². The first-order valence-electron chi connectivity index (χ1n) is 7.38. The second-order valence-electron chi connectivity index (χ2n) is 5.54. The molecule has 102 valence electrons. The van der Waals surface area contributed by atoms with Crippen LogP contribution in [0.25, 0.3) is 10.9 Å². The van der Waals surface area contributed by atoms with E-state index in [2.05, 4.69) is 35.9 Å². The molecule has 1 aromatic carbocycles. The molecule has 1 heterocycles. The number of rotatable bonds is 3. The second kappa shape index (κ2) is 5.54. The third kappa shape index (κ3) is 2.51. The number of hydrogen-bond acceptors (Lipinski definition) is 1. The minimum Gasteiger partial charge on any atom is -0.265 e. The molecule has 3 rings (SSSR count). The van der Waals surface area contributed by atoms with Crippen LogP contribution in [-0.4, -0.2) is 15.2 Å². The Kier molecular flexibility index (Phi) is 3.79. The van der Waals surface area contributed by atoms with E-state index in [0.29, 0.717) is 11.3 Å². The first-order valence-corrected chi connectivity index (χ1v) is 7.81. The molecule has 0 spiro atoms. The van der Waals surface area contributed by atoms with Crippen LogP contribution < -0.4 is 0 Å². The topological polar surface area (TPSA) is 17.8 Å². The van der Waals surface area contributed by atoms with Crippen LogP contribution in [0.4, 0.5) is 0 Å². The molecule has 0 radical (unpaired) electrons. The molecule has 3 heteroatoms. The lowest BCUT2D eigenvalue weighted by atomic mass is 9.85. The Morgan fingerprint density at radius 1 is 1.26 bits per heavy atom. The van der Waals surface area contributed by atoms with Crippen molar-refractivity contribution in [2.45, 2.75) is 50.9 Å². The predicted molar refractivity (Wildman–Crippen MR) is 80.7 cm³/mol. The highest BCUT2D eigenvalue weighted by Crippen LogP contribution is 2.32. The molecule has 0 bridgehead atoms. The Hall–Kier alpha value is -1.02. The van der Waals surface area contributed by atoms with Gasteiger partial charge >= 0.3 is 0 Å². The standard InChI is InChI=1S/C16H21ClN2/c1-2-19-16-10-6-4-8-13(16)15(18-19)11-12-7-3-5-9-14(12)17/h4,6,8,10,12,14H,2-3,5,7,9,11H2,1H3. The van der Waals surface area contributed by atoms with E-state index in [4.69, 9.17) is 16.7 Å². The molecule has 2 aromatic rings. The predicted octanol–water partition coefficient (Wildman–Crippen LogP) is 4.40. The maximum absolute atomic E-state index is 6.49. The zero-order valence-electron chi connectivity index (χ0n) is 11.5. The number of benzene rings is 1. The molecule has 0 saturated heterocycles. The minimum absolute atomic E-state index is 0.333. The summed E-state index contributed by atoms with van der Waals surface area (Å²) in [6.45, 7) is 3.07. The molecule has 1 fully saturated rings. The lowest BCUT2D eigenvalue weighted by molar-refractivity contribution is 0.361. The van der Waals surface area contributed by atoms with E-state index < -0.39 is 0 Å². The van der Waals surface area contributed by atoms with Crippen molar-refractivity contribution < 1.29 is 0 Å². The molecule has 1 aromatic heterocycles. The minimum atomic E-state index is 0.333. The van der Waals surface area contributed by atoms with E-state index in [1.807, 2.05) is 0 Å². The summed E-state index contributed by atoms with van der Waals surface area (Å²) < 4.78 is 2.11. The molecule has 2 atom stereocenters. The zero-order valence-corrected chi connectivity index (χ0v) is 12.2. The molecule has 0 N–H and O–H groups in total. The molecule has 1 aliphatic rings. The van der Waals surface area contributed by atoms with Crippen molar-refractivity contribution in [3.8, 4) is 0 Å². The highest BCUT2D eigenvalue weighted by atomic mass is 35.5. The monoisotopic (exact) mass is 276 g/mol.